The fourth-order valence-corrected chi connectivity index (χ4v) is 7.68. The molecule has 0 fully saturated rings. The highest BCUT2D eigenvalue weighted by Crippen LogP contribution is 2.18. The van der Waals surface area contributed by atoms with Crippen molar-refractivity contribution in [3.05, 3.63) is 0 Å². The summed E-state index contributed by atoms with van der Waals surface area (Å²) in [5.41, 5.74) is 0. The molecule has 1 N–H and O–H groups in total. The zero-order chi connectivity index (χ0) is 40.3. The number of alkyl carbamates (subject to hydrolysis) is 1. The predicted octanol–water partition coefficient (Wildman–Crippen LogP) is 13.4. The van der Waals surface area contributed by atoms with Crippen molar-refractivity contribution in [2.75, 3.05) is 44.3 Å². The number of carbonyl (C=O) groups excluding carboxylic acids is 3. The van der Waals surface area contributed by atoms with Crippen LogP contribution in [0, 0.1) is 0 Å². The molecule has 0 aromatic heterocycles. The van der Waals surface area contributed by atoms with Crippen LogP contribution in [-0.4, -0.2) is 73.4 Å². The number of hydrogen-bond acceptors (Lipinski definition) is 7. The lowest BCUT2D eigenvalue weighted by Gasteiger charge is -2.22. The second-order valence-electron chi connectivity index (χ2n) is 15.9. The van der Waals surface area contributed by atoms with Crippen LogP contribution in [-0.2, 0) is 23.8 Å². The Bertz CT molecular complexity index is 831. The van der Waals surface area contributed by atoms with Gasteiger partial charge >= 0.3 is 18.0 Å². The summed E-state index contributed by atoms with van der Waals surface area (Å²) in [6, 6.07) is 0. The summed E-state index contributed by atoms with van der Waals surface area (Å²) >= 11 is 2.46. The molecule has 0 radical (unpaired) electrons. The first kappa shape index (κ1) is 53.9. The largest absolute Gasteiger partial charge is 0.466 e. The Hall–Kier alpha value is -1.10. The van der Waals surface area contributed by atoms with Crippen molar-refractivity contribution >= 4 is 40.6 Å². The van der Waals surface area contributed by atoms with Gasteiger partial charge in [0.2, 0.25) is 0 Å². The van der Waals surface area contributed by atoms with Crippen LogP contribution in [0.3, 0.4) is 0 Å². The molecule has 55 heavy (non-hydrogen) atoms. The Labute approximate surface area is 354 Å². The molecular weight excluding hydrogens is 803 g/mol. The second-order valence-corrected chi connectivity index (χ2v) is 17.0. The molecule has 1 amide bonds. The topological polar surface area (TPSA) is 94.2 Å². The first-order valence-electron chi connectivity index (χ1n) is 23.4. The normalized spacial score (nSPS) is 11.9. The molecule has 0 saturated heterocycles. The SMILES string of the molecule is CCCCCCCCCOC(=O)CCCCCCCN(CCCCCCCC(=O)OC(CCCCCCCC)CCCCCCCI)CCCNC(=O)OC. The summed E-state index contributed by atoms with van der Waals surface area (Å²) in [6.45, 7) is 8.76. The molecule has 0 heterocycles. The third-order valence-electron chi connectivity index (χ3n) is 10.7. The van der Waals surface area contributed by atoms with Crippen LogP contribution in [0.25, 0.3) is 0 Å². The summed E-state index contributed by atoms with van der Waals surface area (Å²) in [4.78, 5) is 38.9. The maximum absolute atomic E-state index is 12.8. The Morgan fingerprint density at radius 3 is 1.49 bits per heavy atom. The molecule has 0 rings (SSSR count). The van der Waals surface area contributed by atoms with Gasteiger partial charge in [0.05, 0.1) is 13.7 Å². The maximum atomic E-state index is 12.8. The molecular formula is C46H89IN2O6. The molecule has 0 bridgehead atoms. The predicted molar refractivity (Wildman–Crippen MR) is 240 cm³/mol. The van der Waals surface area contributed by atoms with Crippen LogP contribution in [0.1, 0.15) is 226 Å². The van der Waals surface area contributed by atoms with Crippen molar-refractivity contribution in [1.29, 1.82) is 0 Å². The minimum atomic E-state index is -0.372. The fourth-order valence-electron chi connectivity index (χ4n) is 7.14. The zero-order valence-corrected chi connectivity index (χ0v) is 38.6. The van der Waals surface area contributed by atoms with Gasteiger partial charge in [-0.05, 0) is 94.7 Å². The molecule has 0 aliphatic heterocycles. The average Bonchev–Trinajstić information content (AvgIpc) is 3.18. The van der Waals surface area contributed by atoms with E-state index in [1.54, 1.807) is 0 Å². The number of nitrogens with one attached hydrogen (secondary N) is 1. The highest BCUT2D eigenvalue weighted by Gasteiger charge is 2.14. The van der Waals surface area contributed by atoms with E-state index >= 15 is 0 Å². The monoisotopic (exact) mass is 893 g/mol. The van der Waals surface area contributed by atoms with E-state index in [0.29, 0.717) is 26.0 Å². The number of halogens is 1. The van der Waals surface area contributed by atoms with E-state index in [0.717, 1.165) is 103 Å². The van der Waals surface area contributed by atoms with Crippen LogP contribution < -0.4 is 5.32 Å². The molecule has 0 aliphatic carbocycles. The van der Waals surface area contributed by atoms with Crippen molar-refractivity contribution in [2.45, 2.75) is 232 Å². The Morgan fingerprint density at radius 2 is 0.964 bits per heavy atom. The van der Waals surface area contributed by atoms with E-state index in [4.69, 9.17) is 14.2 Å². The third-order valence-corrected chi connectivity index (χ3v) is 11.4. The minimum absolute atomic E-state index is 0.00590. The maximum Gasteiger partial charge on any atom is 0.406 e. The van der Waals surface area contributed by atoms with Crippen LogP contribution in [0.2, 0.25) is 0 Å². The molecule has 0 aromatic rings. The highest BCUT2D eigenvalue weighted by atomic mass is 127. The molecule has 0 aliphatic rings. The van der Waals surface area contributed by atoms with Gasteiger partial charge in [0, 0.05) is 19.4 Å². The number of esters is 2. The fraction of sp³-hybridized carbons (Fsp3) is 0.935. The Morgan fingerprint density at radius 1 is 0.527 bits per heavy atom. The first-order valence-corrected chi connectivity index (χ1v) is 24.9. The number of methoxy groups -OCH3 is 1. The number of ether oxygens (including phenoxy) is 3. The van der Waals surface area contributed by atoms with Gasteiger partial charge in [-0.3, -0.25) is 9.59 Å². The molecule has 1 atom stereocenters. The molecule has 0 aromatic carbocycles. The second kappa shape index (κ2) is 44.0. The average molecular weight is 893 g/mol. The summed E-state index contributed by atoms with van der Waals surface area (Å²) in [6.07, 6.45) is 37.3. The lowest BCUT2D eigenvalue weighted by Crippen LogP contribution is -2.31. The van der Waals surface area contributed by atoms with Crippen LogP contribution >= 0.6 is 22.6 Å². The molecule has 1 unspecified atom stereocenters. The van der Waals surface area contributed by atoms with Crippen molar-refractivity contribution in [3.8, 4) is 0 Å². The van der Waals surface area contributed by atoms with Gasteiger partial charge in [0.25, 0.3) is 0 Å². The van der Waals surface area contributed by atoms with Crippen LogP contribution in [0.5, 0.6) is 0 Å². The van der Waals surface area contributed by atoms with Gasteiger partial charge < -0.3 is 24.4 Å². The number of rotatable bonds is 43. The zero-order valence-electron chi connectivity index (χ0n) is 36.4. The number of carbonyl (C=O) groups is 3. The Kier molecular flexibility index (Phi) is 43.1. The third kappa shape index (κ3) is 40.9. The number of alkyl halides is 1. The van der Waals surface area contributed by atoms with E-state index in [-0.39, 0.29) is 24.1 Å². The van der Waals surface area contributed by atoms with Gasteiger partial charge in [-0.25, -0.2) is 4.79 Å². The highest BCUT2D eigenvalue weighted by molar-refractivity contribution is 14.1. The number of unbranched alkanes of at least 4 members (excludes halogenated alkanes) is 23. The summed E-state index contributed by atoms with van der Waals surface area (Å²) in [5.74, 6) is -0.0323. The smallest absolute Gasteiger partial charge is 0.406 e. The van der Waals surface area contributed by atoms with E-state index in [2.05, 4.69) is 46.7 Å². The van der Waals surface area contributed by atoms with E-state index in [9.17, 15) is 14.4 Å². The van der Waals surface area contributed by atoms with Gasteiger partial charge in [-0.1, -0.05) is 165 Å². The quantitative estimate of drug-likeness (QED) is 0.0214. The molecule has 326 valence electrons. The molecule has 8 nitrogen and oxygen atoms in total. The van der Waals surface area contributed by atoms with Gasteiger partial charge in [0.15, 0.2) is 0 Å². The van der Waals surface area contributed by atoms with Crippen LogP contribution in [0.15, 0.2) is 0 Å². The Balaban J connectivity index is 4.29. The molecule has 9 heteroatoms. The van der Waals surface area contributed by atoms with E-state index in [1.807, 2.05) is 0 Å². The lowest BCUT2D eigenvalue weighted by molar-refractivity contribution is -0.150. The van der Waals surface area contributed by atoms with E-state index < -0.39 is 0 Å². The number of amides is 1. The molecule has 0 spiro atoms. The van der Waals surface area contributed by atoms with E-state index in [1.165, 1.54) is 127 Å². The first-order chi connectivity index (χ1) is 27.0. The molecule has 0 saturated carbocycles. The summed E-state index contributed by atoms with van der Waals surface area (Å²) in [5, 5.41) is 2.80. The number of hydrogen-bond donors (Lipinski definition) is 1. The van der Waals surface area contributed by atoms with Crippen molar-refractivity contribution in [2.24, 2.45) is 0 Å². The number of nitrogens with zero attached hydrogens (tertiary/aromatic N) is 1. The lowest BCUT2D eigenvalue weighted by atomic mass is 10.0. The summed E-state index contributed by atoms with van der Waals surface area (Å²) in [7, 11) is 1.40. The van der Waals surface area contributed by atoms with Gasteiger partial charge in [-0.2, -0.15) is 0 Å². The van der Waals surface area contributed by atoms with Crippen molar-refractivity contribution in [3.63, 3.8) is 0 Å². The van der Waals surface area contributed by atoms with Crippen molar-refractivity contribution in [1.82, 2.24) is 10.2 Å². The van der Waals surface area contributed by atoms with Gasteiger partial charge in [-0.15, -0.1) is 0 Å². The minimum Gasteiger partial charge on any atom is -0.466 e. The summed E-state index contributed by atoms with van der Waals surface area (Å²) < 4.78 is 17.4. The van der Waals surface area contributed by atoms with Crippen molar-refractivity contribution < 1.29 is 28.6 Å². The standard InChI is InChI=1S/C46H89IN2O6/c1-4-6-8-10-12-23-31-42-54-44(50)35-26-18-14-21-29-39-49(41-32-38-48-46(52)53-3)40-30-22-15-19-27-36-45(51)55-43(33-24-16-11-9-7-5-2)34-25-17-13-20-28-37-47/h43H,4-42H2,1-3H3,(H,48,52). The van der Waals surface area contributed by atoms with Crippen LogP contribution in [0.4, 0.5) is 4.79 Å². The van der Waals surface area contributed by atoms with Gasteiger partial charge in [0.1, 0.15) is 6.10 Å².